The first-order valence-electron chi connectivity index (χ1n) is 8.86. The molecule has 26 heavy (non-hydrogen) atoms. The maximum Gasteiger partial charge on any atom is 0.188 e. The maximum atomic E-state index is 4.76. The van der Waals surface area contributed by atoms with Crippen LogP contribution in [0.2, 0.25) is 0 Å². The number of hydrogen-bond acceptors (Lipinski definition) is 7. The zero-order valence-electron chi connectivity index (χ0n) is 15.0. The van der Waals surface area contributed by atoms with Crippen LogP contribution in [0.25, 0.3) is 0 Å². The summed E-state index contributed by atoms with van der Waals surface area (Å²) in [6.45, 7) is 6.05. The molecule has 134 valence electrons. The van der Waals surface area contributed by atoms with Crippen molar-refractivity contribution in [3.63, 3.8) is 0 Å². The molecule has 0 aromatic carbocycles. The first-order chi connectivity index (χ1) is 12.7. The second-order valence-electron chi connectivity index (χ2n) is 6.60. The minimum atomic E-state index is 0.233. The van der Waals surface area contributed by atoms with E-state index in [1.165, 1.54) is 10.4 Å². The molecule has 3 aromatic heterocycles. The van der Waals surface area contributed by atoms with Gasteiger partial charge in [-0.05, 0) is 50.9 Å². The van der Waals surface area contributed by atoms with E-state index in [0.717, 1.165) is 48.4 Å². The van der Waals surface area contributed by atoms with Gasteiger partial charge in [0.05, 0.1) is 11.7 Å². The summed E-state index contributed by atoms with van der Waals surface area (Å²) >= 11 is 1.62. The van der Waals surface area contributed by atoms with Crippen molar-refractivity contribution in [2.45, 2.75) is 39.3 Å². The van der Waals surface area contributed by atoms with Gasteiger partial charge in [-0.2, -0.15) is 0 Å². The number of pyridine rings is 1. The summed E-state index contributed by atoms with van der Waals surface area (Å²) in [5.74, 6) is 1.67. The summed E-state index contributed by atoms with van der Waals surface area (Å²) in [4.78, 5) is 21.8. The van der Waals surface area contributed by atoms with Crippen molar-refractivity contribution in [3.05, 3.63) is 58.7 Å². The van der Waals surface area contributed by atoms with Crippen LogP contribution in [0.5, 0.6) is 0 Å². The van der Waals surface area contributed by atoms with E-state index in [-0.39, 0.29) is 6.04 Å². The molecule has 0 spiro atoms. The predicted octanol–water partition coefficient (Wildman–Crippen LogP) is 4.03. The Morgan fingerprint density at radius 1 is 1.19 bits per heavy atom. The van der Waals surface area contributed by atoms with E-state index in [2.05, 4.69) is 38.2 Å². The molecule has 0 saturated carbocycles. The molecule has 0 aliphatic carbocycles. The second-order valence-corrected chi connectivity index (χ2v) is 7.83. The van der Waals surface area contributed by atoms with E-state index >= 15 is 0 Å². The Morgan fingerprint density at radius 3 is 2.92 bits per heavy atom. The second kappa shape index (κ2) is 7.47. The number of nitrogens with one attached hydrogen (secondary N) is 1. The quantitative estimate of drug-likeness (QED) is 0.735. The molecule has 6 nitrogen and oxygen atoms in total. The monoisotopic (exact) mass is 366 g/mol. The van der Waals surface area contributed by atoms with Crippen molar-refractivity contribution in [1.29, 1.82) is 0 Å². The summed E-state index contributed by atoms with van der Waals surface area (Å²) in [7, 11) is 0. The zero-order chi connectivity index (χ0) is 17.9. The molecule has 1 atom stereocenters. The van der Waals surface area contributed by atoms with Crippen LogP contribution in [0, 0.1) is 13.8 Å². The first kappa shape index (κ1) is 17.1. The highest BCUT2D eigenvalue weighted by Gasteiger charge is 2.29. The van der Waals surface area contributed by atoms with Crippen LogP contribution in [-0.2, 0) is 6.54 Å². The minimum absolute atomic E-state index is 0.233. The minimum Gasteiger partial charge on any atom is -0.316 e. The topological polar surface area (TPSA) is 66.8 Å². The Kier molecular flexibility index (Phi) is 4.90. The average Bonchev–Trinajstić information content (AvgIpc) is 3.26. The van der Waals surface area contributed by atoms with E-state index in [9.17, 15) is 0 Å². The third-order valence-electron chi connectivity index (χ3n) is 4.66. The van der Waals surface area contributed by atoms with Gasteiger partial charge in [-0.15, -0.1) is 11.3 Å². The Labute approximate surface area is 157 Å². The summed E-state index contributed by atoms with van der Waals surface area (Å²) in [6.07, 6.45) is 7.79. The molecule has 1 saturated heterocycles. The molecule has 3 aromatic rings. The number of rotatable bonds is 5. The lowest BCUT2D eigenvalue weighted by molar-refractivity contribution is 0.236. The Balaban J connectivity index is 1.52. The molecule has 0 bridgehead atoms. The Bertz CT molecular complexity index is 893. The van der Waals surface area contributed by atoms with Crippen molar-refractivity contribution >= 4 is 22.3 Å². The van der Waals surface area contributed by atoms with E-state index in [1.54, 1.807) is 11.3 Å². The number of hydrogen-bond donors (Lipinski definition) is 1. The zero-order valence-corrected chi connectivity index (χ0v) is 15.8. The van der Waals surface area contributed by atoms with Crippen LogP contribution >= 0.6 is 11.3 Å². The number of thiazole rings is 1. The van der Waals surface area contributed by atoms with E-state index in [4.69, 9.17) is 4.98 Å². The third-order valence-corrected chi connectivity index (χ3v) is 5.49. The molecule has 0 amide bonds. The highest BCUT2D eigenvalue weighted by atomic mass is 32.1. The predicted molar refractivity (Wildman–Crippen MR) is 104 cm³/mol. The molecule has 1 aliphatic rings. The molecule has 1 fully saturated rings. The number of nitrogens with zero attached hydrogens (tertiary/aromatic N) is 5. The molecular formula is C19H22N6S. The van der Waals surface area contributed by atoms with Gasteiger partial charge in [0.15, 0.2) is 5.13 Å². The largest absolute Gasteiger partial charge is 0.316 e. The number of anilines is 2. The van der Waals surface area contributed by atoms with Gasteiger partial charge in [0.1, 0.15) is 11.6 Å². The average molecular weight is 366 g/mol. The third kappa shape index (κ3) is 3.73. The van der Waals surface area contributed by atoms with Gasteiger partial charge in [0.2, 0.25) is 0 Å². The van der Waals surface area contributed by atoms with Crippen LogP contribution in [0.4, 0.5) is 10.9 Å². The van der Waals surface area contributed by atoms with Gasteiger partial charge in [0.25, 0.3) is 0 Å². The fourth-order valence-electron chi connectivity index (χ4n) is 3.31. The molecule has 0 radical (unpaired) electrons. The number of aromatic nitrogens is 4. The lowest BCUT2D eigenvalue weighted by Crippen LogP contribution is -2.25. The molecule has 4 heterocycles. The van der Waals surface area contributed by atoms with Gasteiger partial charge < -0.3 is 5.32 Å². The van der Waals surface area contributed by atoms with Crippen LogP contribution in [0.3, 0.4) is 0 Å². The molecular weight excluding hydrogens is 344 g/mol. The summed E-state index contributed by atoms with van der Waals surface area (Å²) in [5.41, 5.74) is 2.36. The molecule has 7 heteroatoms. The SMILES string of the molecule is Cc1cnc(Nc2ccnc([C@@H]3CCCN3Cc3ncccc3C)n2)s1. The van der Waals surface area contributed by atoms with Gasteiger partial charge in [-0.1, -0.05) is 6.07 Å². The molecule has 0 unspecified atom stereocenters. The fourth-order valence-corrected chi connectivity index (χ4v) is 3.98. The van der Waals surface area contributed by atoms with Gasteiger partial charge in [-0.25, -0.2) is 15.0 Å². The lowest BCUT2D eigenvalue weighted by Gasteiger charge is -2.23. The first-order valence-corrected chi connectivity index (χ1v) is 9.67. The van der Waals surface area contributed by atoms with Crippen molar-refractivity contribution < 1.29 is 0 Å². The molecule has 4 rings (SSSR count). The van der Waals surface area contributed by atoms with Gasteiger partial charge in [0, 0.05) is 30.0 Å². The van der Waals surface area contributed by atoms with E-state index in [0.29, 0.717) is 0 Å². The van der Waals surface area contributed by atoms with Crippen molar-refractivity contribution in [2.24, 2.45) is 0 Å². The fraction of sp³-hybridized carbons (Fsp3) is 0.368. The highest BCUT2D eigenvalue weighted by molar-refractivity contribution is 7.15. The number of aryl methyl sites for hydroxylation is 2. The Morgan fingerprint density at radius 2 is 2.12 bits per heavy atom. The van der Waals surface area contributed by atoms with Crippen LogP contribution in [-0.4, -0.2) is 31.4 Å². The summed E-state index contributed by atoms with van der Waals surface area (Å²) < 4.78 is 0. The summed E-state index contributed by atoms with van der Waals surface area (Å²) in [6, 6.07) is 6.22. The van der Waals surface area contributed by atoms with E-state index in [1.807, 2.05) is 37.6 Å². The van der Waals surface area contributed by atoms with Gasteiger partial charge in [-0.3, -0.25) is 9.88 Å². The van der Waals surface area contributed by atoms with Crippen LogP contribution in [0.15, 0.2) is 36.8 Å². The van der Waals surface area contributed by atoms with Crippen LogP contribution in [0.1, 0.15) is 40.8 Å². The lowest BCUT2D eigenvalue weighted by atomic mass is 10.1. The normalized spacial score (nSPS) is 17.5. The van der Waals surface area contributed by atoms with Gasteiger partial charge >= 0.3 is 0 Å². The van der Waals surface area contributed by atoms with E-state index < -0.39 is 0 Å². The smallest absolute Gasteiger partial charge is 0.188 e. The van der Waals surface area contributed by atoms with Crippen molar-refractivity contribution in [2.75, 3.05) is 11.9 Å². The Hall–Kier alpha value is -2.38. The number of likely N-dealkylation sites (tertiary alicyclic amines) is 1. The summed E-state index contributed by atoms with van der Waals surface area (Å²) in [5, 5.41) is 4.15. The maximum absolute atomic E-state index is 4.76. The highest BCUT2D eigenvalue weighted by Crippen LogP contribution is 2.32. The molecule has 1 N–H and O–H groups in total. The van der Waals surface area contributed by atoms with Crippen molar-refractivity contribution in [3.8, 4) is 0 Å². The standard InChI is InChI=1S/C19H22N6S/c1-13-5-3-8-20-15(13)12-25-10-4-6-16(25)18-21-9-7-17(23-18)24-19-22-11-14(2)26-19/h3,5,7-9,11,16H,4,6,10,12H2,1-2H3,(H,21,22,23,24)/t16-/m0/s1. The van der Waals surface area contributed by atoms with Crippen molar-refractivity contribution in [1.82, 2.24) is 24.8 Å². The molecule has 1 aliphatic heterocycles. The van der Waals surface area contributed by atoms with Crippen LogP contribution < -0.4 is 5.32 Å².